The third-order valence-corrected chi connectivity index (χ3v) is 4.67. The lowest BCUT2D eigenvalue weighted by molar-refractivity contribution is -0.384. The first kappa shape index (κ1) is 21.1. The zero-order valence-electron chi connectivity index (χ0n) is 15.5. The van der Waals surface area contributed by atoms with Crippen molar-refractivity contribution in [2.24, 2.45) is 5.10 Å². The van der Waals surface area contributed by atoms with Gasteiger partial charge in [0, 0.05) is 17.5 Å². The molecular weight excluding hydrogens is 505 g/mol. The second kappa shape index (κ2) is 9.27. The molecule has 3 rings (SSSR count). The molecular formula is C20H14IN3O6. The number of fused-ring (bicyclic) bond motifs is 1. The molecule has 3 aromatic rings. The van der Waals surface area contributed by atoms with Crippen LogP contribution in [0, 0.1) is 26.0 Å². The van der Waals surface area contributed by atoms with Gasteiger partial charge >= 0.3 is 5.91 Å². The molecule has 0 aliphatic carbocycles. The van der Waals surface area contributed by atoms with Crippen LogP contribution in [0.3, 0.4) is 0 Å². The highest BCUT2D eigenvalue weighted by molar-refractivity contribution is 14.1. The highest BCUT2D eigenvalue weighted by atomic mass is 127. The van der Waals surface area contributed by atoms with Crippen LogP contribution in [0.1, 0.15) is 16.1 Å². The van der Waals surface area contributed by atoms with Gasteiger partial charge in [-0.15, -0.1) is 6.42 Å². The van der Waals surface area contributed by atoms with Crippen LogP contribution in [-0.2, 0) is 0 Å². The molecule has 1 N–H and O–H groups in total. The van der Waals surface area contributed by atoms with Crippen molar-refractivity contribution in [3.05, 3.63) is 61.4 Å². The number of halogens is 1. The fourth-order valence-corrected chi connectivity index (χ4v) is 3.33. The van der Waals surface area contributed by atoms with Gasteiger partial charge in [-0.2, -0.15) is 5.10 Å². The number of hydrogen-bond acceptors (Lipinski definition) is 7. The highest BCUT2D eigenvalue weighted by Crippen LogP contribution is 2.33. The van der Waals surface area contributed by atoms with Crippen molar-refractivity contribution in [2.45, 2.75) is 0 Å². The Morgan fingerprint density at radius 3 is 2.90 bits per heavy atom. The summed E-state index contributed by atoms with van der Waals surface area (Å²) in [6.07, 6.45) is 6.65. The van der Waals surface area contributed by atoms with Crippen LogP contribution in [0.15, 0.2) is 45.9 Å². The Morgan fingerprint density at radius 1 is 1.40 bits per heavy atom. The van der Waals surface area contributed by atoms with Crippen LogP contribution in [0.25, 0.3) is 11.0 Å². The minimum atomic E-state index is -0.597. The minimum Gasteiger partial charge on any atom is -0.493 e. The van der Waals surface area contributed by atoms with Gasteiger partial charge in [0.15, 0.2) is 17.3 Å². The number of nitro benzene ring substituents is 1. The zero-order chi connectivity index (χ0) is 21.7. The fourth-order valence-electron chi connectivity index (χ4n) is 2.54. The monoisotopic (exact) mass is 519 g/mol. The standard InChI is InChI=1S/C20H14IN3O6/c1-3-6-29-19-15(21)7-12(8-17(19)28-2)11-22-23-20(25)18-10-13-9-14(24(26)27)4-5-16(13)30-18/h1,4-5,7-11H,6H2,2H3,(H,23,25)/b22-11-. The Kier molecular flexibility index (Phi) is 6.53. The Labute approximate surface area is 184 Å². The van der Waals surface area contributed by atoms with E-state index in [1.54, 1.807) is 12.1 Å². The number of amides is 1. The van der Waals surface area contributed by atoms with Crippen molar-refractivity contribution in [1.82, 2.24) is 5.43 Å². The molecule has 0 bridgehead atoms. The number of nitrogens with zero attached hydrogens (tertiary/aromatic N) is 2. The SMILES string of the molecule is C#CCOc1c(I)cc(/C=N\NC(=O)c2cc3cc([N+](=O)[O-])ccc3o2)cc1OC. The second-order valence-corrected chi connectivity index (χ2v) is 6.98. The molecule has 0 saturated carbocycles. The fraction of sp³-hybridized carbons (Fsp3) is 0.100. The molecule has 0 fully saturated rings. The summed E-state index contributed by atoms with van der Waals surface area (Å²) in [6, 6.07) is 8.95. The maximum atomic E-state index is 12.3. The summed E-state index contributed by atoms with van der Waals surface area (Å²) in [5.74, 6) is 2.77. The quantitative estimate of drug-likeness (QED) is 0.167. The Bertz CT molecular complexity index is 1200. The third-order valence-electron chi connectivity index (χ3n) is 3.87. The predicted molar refractivity (Wildman–Crippen MR) is 118 cm³/mol. The van der Waals surface area contributed by atoms with Gasteiger partial charge in [-0.05, 0) is 52.4 Å². The number of nitrogens with one attached hydrogen (secondary N) is 1. The topological polar surface area (TPSA) is 116 Å². The average molecular weight is 519 g/mol. The maximum Gasteiger partial charge on any atom is 0.307 e. The number of methoxy groups -OCH3 is 1. The molecule has 152 valence electrons. The van der Waals surface area contributed by atoms with Crippen molar-refractivity contribution in [3.63, 3.8) is 0 Å². The van der Waals surface area contributed by atoms with Crippen molar-refractivity contribution in [3.8, 4) is 23.8 Å². The van der Waals surface area contributed by atoms with E-state index in [0.717, 1.165) is 3.57 Å². The summed E-state index contributed by atoms with van der Waals surface area (Å²) in [7, 11) is 1.50. The maximum absolute atomic E-state index is 12.3. The first-order valence-corrected chi connectivity index (χ1v) is 9.46. The van der Waals surface area contributed by atoms with E-state index in [-0.39, 0.29) is 18.1 Å². The molecule has 0 spiro atoms. The molecule has 10 heteroatoms. The number of nitro groups is 1. The van der Waals surface area contributed by atoms with E-state index in [0.29, 0.717) is 28.0 Å². The lowest BCUT2D eigenvalue weighted by Crippen LogP contribution is -2.16. The van der Waals surface area contributed by atoms with E-state index in [9.17, 15) is 14.9 Å². The number of benzene rings is 2. The zero-order valence-corrected chi connectivity index (χ0v) is 17.7. The molecule has 0 unspecified atom stereocenters. The summed E-state index contributed by atoms with van der Waals surface area (Å²) in [6.45, 7) is 0.108. The van der Waals surface area contributed by atoms with Crippen LogP contribution in [0.4, 0.5) is 5.69 Å². The predicted octanol–water partition coefficient (Wildman–Crippen LogP) is 3.73. The van der Waals surface area contributed by atoms with Gasteiger partial charge in [-0.3, -0.25) is 14.9 Å². The van der Waals surface area contributed by atoms with E-state index in [4.69, 9.17) is 20.3 Å². The smallest absolute Gasteiger partial charge is 0.307 e. The van der Waals surface area contributed by atoms with Gasteiger partial charge in [0.05, 0.1) is 21.8 Å². The van der Waals surface area contributed by atoms with Gasteiger partial charge < -0.3 is 13.9 Å². The molecule has 2 aromatic carbocycles. The number of ether oxygens (including phenoxy) is 2. The first-order chi connectivity index (χ1) is 14.4. The Morgan fingerprint density at radius 2 is 2.20 bits per heavy atom. The molecule has 30 heavy (non-hydrogen) atoms. The van der Waals surface area contributed by atoms with E-state index in [1.807, 2.05) is 0 Å². The number of hydrazone groups is 1. The summed E-state index contributed by atoms with van der Waals surface area (Å²) in [4.78, 5) is 22.6. The largest absolute Gasteiger partial charge is 0.493 e. The second-order valence-electron chi connectivity index (χ2n) is 5.82. The van der Waals surface area contributed by atoms with Gasteiger partial charge in [0.1, 0.15) is 12.2 Å². The van der Waals surface area contributed by atoms with Crippen molar-refractivity contribution in [2.75, 3.05) is 13.7 Å². The van der Waals surface area contributed by atoms with Crippen molar-refractivity contribution < 1.29 is 23.6 Å². The number of terminal acetylenes is 1. The van der Waals surface area contributed by atoms with E-state index < -0.39 is 10.8 Å². The average Bonchev–Trinajstić information content (AvgIpc) is 3.16. The van der Waals surface area contributed by atoms with Gasteiger partial charge in [-0.1, -0.05) is 5.92 Å². The van der Waals surface area contributed by atoms with Gasteiger partial charge in [0.2, 0.25) is 0 Å². The first-order valence-electron chi connectivity index (χ1n) is 8.38. The lowest BCUT2D eigenvalue weighted by atomic mass is 10.2. The Hall–Kier alpha value is -3.59. The molecule has 0 radical (unpaired) electrons. The summed E-state index contributed by atoms with van der Waals surface area (Å²) >= 11 is 2.08. The molecule has 1 aromatic heterocycles. The minimum absolute atomic E-state index is 0.0205. The number of carbonyl (C=O) groups excluding carboxylic acids is 1. The molecule has 0 aliphatic rings. The summed E-state index contributed by atoms with van der Waals surface area (Å²) in [5.41, 5.74) is 3.28. The number of hydrogen-bond donors (Lipinski definition) is 1. The molecule has 0 saturated heterocycles. The van der Waals surface area contributed by atoms with Crippen LogP contribution in [0.5, 0.6) is 11.5 Å². The van der Waals surface area contributed by atoms with Gasteiger partial charge in [-0.25, -0.2) is 5.43 Å². The van der Waals surface area contributed by atoms with Crippen LogP contribution < -0.4 is 14.9 Å². The third kappa shape index (κ3) is 4.69. The molecule has 1 heterocycles. The van der Waals surface area contributed by atoms with E-state index >= 15 is 0 Å². The van der Waals surface area contributed by atoms with E-state index in [2.05, 4.69) is 39.0 Å². The van der Waals surface area contributed by atoms with E-state index in [1.165, 1.54) is 37.6 Å². The summed E-state index contributed by atoms with van der Waals surface area (Å²) < 4.78 is 17.0. The molecule has 9 nitrogen and oxygen atoms in total. The number of furan rings is 1. The molecule has 0 atom stereocenters. The lowest BCUT2D eigenvalue weighted by Gasteiger charge is -2.11. The molecule has 1 amide bonds. The number of carbonyl (C=O) groups is 1. The molecule has 0 aliphatic heterocycles. The van der Waals surface area contributed by atoms with Crippen molar-refractivity contribution >= 4 is 51.4 Å². The number of non-ortho nitro benzene ring substituents is 1. The highest BCUT2D eigenvalue weighted by Gasteiger charge is 2.15. The van der Waals surface area contributed by atoms with Crippen LogP contribution in [0.2, 0.25) is 0 Å². The van der Waals surface area contributed by atoms with Gasteiger partial charge in [0.25, 0.3) is 5.69 Å². The van der Waals surface area contributed by atoms with Crippen LogP contribution in [-0.4, -0.2) is 30.8 Å². The normalized spacial score (nSPS) is 10.7. The van der Waals surface area contributed by atoms with Crippen molar-refractivity contribution in [1.29, 1.82) is 0 Å². The number of rotatable bonds is 7. The summed E-state index contributed by atoms with van der Waals surface area (Å²) in [5, 5.41) is 15.2. The Balaban J connectivity index is 1.74. The van der Waals surface area contributed by atoms with Crippen LogP contribution >= 0.6 is 22.6 Å².